The van der Waals surface area contributed by atoms with Gasteiger partial charge in [-0.3, -0.25) is 0 Å². The fourth-order valence-corrected chi connectivity index (χ4v) is 1.84. The van der Waals surface area contributed by atoms with Crippen LogP contribution in [-0.2, 0) is 0 Å². The highest BCUT2D eigenvalue weighted by molar-refractivity contribution is 5.58. The molecule has 0 spiro atoms. The molecule has 3 nitrogen and oxygen atoms in total. The lowest BCUT2D eigenvalue weighted by molar-refractivity contribution is 1.23. The van der Waals surface area contributed by atoms with Crippen molar-refractivity contribution in [2.24, 2.45) is 10.2 Å². The highest BCUT2D eigenvalue weighted by Gasteiger charge is 1.89. The normalized spacial score (nSPS) is 13.0. The zero-order valence-electron chi connectivity index (χ0n) is 11.4. The zero-order chi connectivity index (χ0) is 14.3. The largest absolute Gasteiger partial charge is 0.664 e. The minimum atomic E-state index is 0.811. The van der Waals surface area contributed by atoms with Crippen molar-refractivity contribution in [3.8, 4) is 0 Å². The van der Waals surface area contributed by atoms with Crippen molar-refractivity contribution in [2.45, 2.75) is 0 Å². The van der Waals surface area contributed by atoms with Crippen molar-refractivity contribution < 1.29 is 0 Å². The van der Waals surface area contributed by atoms with E-state index in [1.165, 1.54) is 0 Å². The van der Waals surface area contributed by atoms with Crippen LogP contribution in [0.25, 0.3) is 5.32 Å². The molecule has 102 valence electrons. The van der Waals surface area contributed by atoms with Crippen LogP contribution in [0, 0.1) is 0 Å². The van der Waals surface area contributed by atoms with Crippen molar-refractivity contribution in [1.82, 2.24) is 0 Å². The third-order valence-electron chi connectivity index (χ3n) is 2.94. The Labute approximate surface area is 124 Å². The van der Waals surface area contributed by atoms with Crippen LogP contribution in [-0.4, -0.2) is 0 Å². The van der Waals surface area contributed by atoms with E-state index in [2.05, 4.69) is 15.5 Å². The smallest absolute Gasteiger partial charge is 0.0857 e. The zero-order valence-corrected chi connectivity index (χ0v) is 11.4. The van der Waals surface area contributed by atoms with Crippen LogP contribution in [0.1, 0.15) is 0 Å². The molecule has 0 amide bonds. The van der Waals surface area contributed by atoms with E-state index >= 15 is 0 Å². The number of allylic oxidation sites excluding steroid dienone is 5. The highest BCUT2D eigenvalue weighted by atomic mass is 15.1. The van der Waals surface area contributed by atoms with Crippen molar-refractivity contribution in [3.63, 3.8) is 0 Å². The topological polar surface area (TPSA) is 38.8 Å². The minimum Gasteiger partial charge on any atom is -0.664 e. The standard InChI is InChI=1S/C18H14N3/c1-2-8-17(9-3-1)20-21-18-12-10-16(11-13-18)19-14-15-6-4-5-7-15/h1-14H/q-1. The first-order chi connectivity index (χ1) is 10.4. The van der Waals surface area contributed by atoms with Crippen molar-refractivity contribution >= 4 is 17.1 Å². The number of azo groups is 1. The molecule has 1 aliphatic carbocycles. The second-order valence-corrected chi connectivity index (χ2v) is 4.53. The Hall–Kier alpha value is -2.94. The Bertz CT molecular complexity index is 694. The van der Waals surface area contributed by atoms with Gasteiger partial charge in [0.15, 0.2) is 0 Å². The molecule has 2 aromatic carbocycles. The Morgan fingerprint density at radius 2 is 1.33 bits per heavy atom. The molecular weight excluding hydrogens is 258 g/mol. The van der Waals surface area contributed by atoms with Gasteiger partial charge in [-0.1, -0.05) is 54.6 Å². The number of hydrogen-bond acceptors (Lipinski definition) is 2. The van der Waals surface area contributed by atoms with E-state index in [1.54, 1.807) is 0 Å². The number of rotatable bonds is 4. The maximum Gasteiger partial charge on any atom is 0.0857 e. The molecule has 1 aliphatic rings. The quantitative estimate of drug-likeness (QED) is 0.602. The van der Waals surface area contributed by atoms with Crippen LogP contribution in [0.15, 0.2) is 101 Å². The molecular formula is C18H14N3-. The molecule has 0 saturated carbocycles. The van der Waals surface area contributed by atoms with Crippen molar-refractivity contribution in [2.75, 3.05) is 0 Å². The van der Waals surface area contributed by atoms with Gasteiger partial charge in [0.05, 0.1) is 11.4 Å². The monoisotopic (exact) mass is 272 g/mol. The van der Waals surface area contributed by atoms with Crippen LogP contribution >= 0.6 is 0 Å². The summed E-state index contributed by atoms with van der Waals surface area (Å²) in [5.74, 6) is 0. The molecule has 0 aromatic heterocycles. The summed E-state index contributed by atoms with van der Waals surface area (Å²) in [6.07, 6.45) is 9.88. The van der Waals surface area contributed by atoms with E-state index in [0.29, 0.717) is 0 Å². The Morgan fingerprint density at radius 1 is 0.714 bits per heavy atom. The third kappa shape index (κ3) is 3.76. The van der Waals surface area contributed by atoms with E-state index < -0.39 is 0 Å². The summed E-state index contributed by atoms with van der Waals surface area (Å²) in [5, 5.41) is 12.8. The average Bonchev–Trinajstić information content (AvgIpc) is 3.06. The van der Waals surface area contributed by atoms with Crippen molar-refractivity contribution in [1.29, 1.82) is 0 Å². The molecule has 21 heavy (non-hydrogen) atoms. The predicted octanol–water partition coefficient (Wildman–Crippen LogP) is 6.12. The van der Waals surface area contributed by atoms with Gasteiger partial charge in [-0.25, -0.2) is 0 Å². The van der Waals surface area contributed by atoms with Gasteiger partial charge in [0, 0.05) is 0 Å². The van der Waals surface area contributed by atoms with Gasteiger partial charge in [0.1, 0.15) is 0 Å². The first-order valence-electron chi connectivity index (χ1n) is 6.73. The van der Waals surface area contributed by atoms with E-state index in [0.717, 1.165) is 22.6 Å². The summed E-state index contributed by atoms with van der Waals surface area (Å²) in [7, 11) is 0. The molecule has 0 aliphatic heterocycles. The Kier molecular flexibility index (Phi) is 4.03. The fourth-order valence-electron chi connectivity index (χ4n) is 1.84. The summed E-state index contributed by atoms with van der Waals surface area (Å²) in [6.45, 7) is 0. The SMILES string of the molecule is C1=CC(=C[N-]c2ccc(N=Nc3ccccc3)cc2)C=C1. The van der Waals surface area contributed by atoms with Crippen LogP contribution in [0.5, 0.6) is 0 Å². The van der Waals surface area contributed by atoms with Gasteiger partial charge in [-0.05, 0) is 29.8 Å². The second kappa shape index (κ2) is 6.48. The summed E-state index contributed by atoms with van der Waals surface area (Å²) in [6, 6.07) is 17.3. The lowest BCUT2D eigenvalue weighted by Gasteiger charge is -2.16. The van der Waals surface area contributed by atoms with Gasteiger partial charge >= 0.3 is 0 Å². The van der Waals surface area contributed by atoms with Crippen LogP contribution in [0.3, 0.4) is 0 Å². The lowest BCUT2D eigenvalue weighted by atomic mass is 10.2. The molecule has 3 rings (SSSR count). The molecule has 0 fully saturated rings. The maximum atomic E-state index is 4.41. The number of benzene rings is 2. The van der Waals surface area contributed by atoms with Crippen LogP contribution in [0.4, 0.5) is 17.1 Å². The highest BCUT2D eigenvalue weighted by Crippen LogP contribution is 2.25. The van der Waals surface area contributed by atoms with E-state index in [-0.39, 0.29) is 0 Å². The Balaban J connectivity index is 1.64. The number of hydrogen-bond donors (Lipinski definition) is 0. The van der Waals surface area contributed by atoms with Gasteiger partial charge in [0.25, 0.3) is 0 Å². The van der Waals surface area contributed by atoms with E-state index in [4.69, 9.17) is 0 Å². The third-order valence-corrected chi connectivity index (χ3v) is 2.94. The second-order valence-electron chi connectivity index (χ2n) is 4.53. The summed E-state index contributed by atoms with van der Waals surface area (Å²) < 4.78 is 0. The molecule has 0 atom stereocenters. The van der Waals surface area contributed by atoms with E-state index in [1.807, 2.05) is 85.1 Å². The molecule has 0 radical (unpaired) electrons. The van der Waals surface area contributed by atoms with Crippen LogP contribution in [0.2, 0.25) is 0 Å². The predicted molar refractivity (Wildman–Crippen MR) is 86.4 cm³/mol. The van der Waals surface area contributed by atoms with Crippen LogP contribution < -0.4 is 0 Å². The molecule has 0 saturated heterocycles. The summed E-state index contributed by atoms with van der Waals surface area (Å²) >= 11 is 0. The first-order valence-corrected chi connectivity index (χ1v) is 6.73. The van der Waals surface area contributed by atoms with Crippen molar-refractivity contribution in [3.05, 3.63) is 96.0 Å². The fraction of sp³-hybridized carbons (Fsp3) is 0. The Morgan fingerprint density at radius 3 is 2.00 bits per heavy atom. The maximum absolute atomic E-state index is 4.41. The van der Waals surface area contributed by atoms with Gasteiger partial charge < -0.3 is 5.32 Å². The molecule has 0 N–H and O–H groups in total. The molecule has 0 bridgehead atoms. The van der Waals surface area contributed by atoms with Gasteiger partial charge in [0.2, 0.25) is 0 Å². The first kappa shape index (κ1) is 13.1. The minimum absolute atomic E-state index is 0.811. The average molecular weight is 272 g/mol. The molecule has 0 unspecified atom stereocenters. The summed E-state index contributed by atoms with van der Waals surface area (Å²) in [4.78, 5) is 0. The lowest BCUT2D eigenvalue weighted by Crippen LogP contribution is -1.69. The summed E-state index contributed by atoms with van der Waals surface area (Å²) in [5.41, 5.74) is 3.65. The number of nitrogens with zero attached hydrogens (tertiary/aromatic N) is 3. The molecule has 2 aromatic rings. The van der Waals surface area contributed by atoms with Gasteiger partial charge in [-0.2, -0.15) is 16.4 Å². The van der Waals surface area contributed by atoms with Gasteiger partial charge in [-0.15, -0.1) is 5.69 Å². The molecule has 0 heterocycles. The van der Waals surface area contributed by atoms with E-state index in [9.17, 15) is 0 Å². The molecule has 3 heteroatoms.